The normalized spacial score (nSPS) is 12.2. The van der Waals surface area contributed by atoms with Crippen LogP contribution in [0.25, 0.3) is 0 Å². The topological polar surface area (TPSA) is 35.2 Å². The molecule has 1 atom stereocenters. The van der Waals surface area contributed by atoms with Crippen LogP contribution >= 0.6 is 0 Å². The van der Waals surface area contributed by atoms with Crippen molar-refractivity contribution in [1.82, 2.24) is 0 Å². The third kappa shape index (κ3) is 3.64. The van der Waals surface area contributed by atoms with Gasteiger partial charge in [-0.15, -0.1) is 0 Å². The Bertz CT molecular complexity index is 602. The minimum Gasteiger partial charge on any atom is -0.491 e. The Hall–Kier alpha value is -1.80. The van der Waals surface area contributed by atoms with Gasteiger partial charge >= 0.3 is 0 Å². The molecule has 0 aliphatic rings. The highest BCUT2D eigenvalue weighted by molar-refractivity contribution is 5.44. The molecule has 2 N–H and O–H groups in total. The van der Waals surface area contributed by atoms with E-state index in [-0.39, 0.29) is 6.04 Å². The minimum atomic E-state index is -0.102. The third-order valence-electron chi connectivity index (χ3n) is 4.10. The first-order valence-electron chi connectivity index (χ1n) is 7.57. The van der Waals surface area contributed by atoms with Gasteiger partial charge in [-0.05, 0) is 55.0 Å². The molecule has 2 rings (SSSR count). The molecule has 2 aromatic rings. The summed E-state index contributed by atoms with van der Waals surface area (Å²) in [4.78, 5) is 0. The SMILES string of the molecule is CCc1ccc(C(N)COc2c(C)ccc(C)c2C)cc1. The molecule has 0 radical (unpaired) electrons. The van der Waals surface area contributed by atoms with Crippen LogP contribution in [0.5, 0.6) is 5.75 Å². The van der Waals surface area contributed by atoms with Gasteiger partial charge in [-0.25, -0.2) is 0 Å². The van der Waals surface area contributed by atoms with Gasteiger partial charge in [0.2, 0.25) is 0 Å². The lowest BCUT2D eigenvalue weighted by atomic mass is 10.0. The minimum absolute atomic E-state index is 0.102. The molecule has 0 spiro atoms. The highest BCUT2D eigenvalue weighted by Crippen LogP contribution is 2.26. The fourth-order valence-electron chi connectivity index (χ4n) is 2.42. The molecule has 0 aliphatic carbocycles. The molecule has 0 aliphatic heterocycles. The highest BCUT2D eigenvalue weighted by atomic mass is 16.5. The average molecular weight is 283 g/mol. The monoisotopic (exact) mass is 283 g/mol. The van der Waals surface area contributed by atoms with E-state index < -0.39 is 0 Å². The molecular weight excluding hydrogens is 258 g/mol. The average Bonchev–Trinajstić information content (AvgIpc) is 2.51. The number of nitrogens with two attached hydrogens (primary N) is 1. The zero-order chi connectivity index (χ0) is 15.4. The zero-order valence-electron chi connectivity index (χ0n) is 13.4. The smallest absolute Gasteiger partial charge is 0.125 e. The first-order valence-corrected chi connectivity index (χ1v) is 7.57. The Morgan fingerprint density at radius 2 is 1.57 bits per heavy atom. The second-order valence-corrected chi connectivity index (χ2v) is 5.67. The number of hydrogen-bond acceptors (Lipinski definition) is 2. The van der Waals surface area contributed by atoms with E-state index >= 15 is 0 Å². The summed E-state index contributed by atoms with van der Waals surface area (Å²) in [7, 11) is 0. The summed E-state index contributed by atoms with van der Waals surface area (Å²) in [6, 6.07) is 12.6. The lowest BCUT2D eigenvalue weighted by Crippen LogP contribution is -2.19. The summed E-state index contributed by atoms with van der Waals surface area (Å²) >= 11 is 0. The molecule has 21 heavy (non-hydrogen) atoms. The van der Waals surface area contributed by atoms with E-state index in [1.807, 2.05) is 0 Å². The van der Waals surface area contributed by atoms with Crippen molar-refractivity contribution >= 4 is 0 Å². The second kappa shape index (κ2) is 6.77. The van der Waals surface area contributed by atoms with Crippen LogP contribution in [-0.2, 0) is 6.42 Å². The van der Waals surface area contributed by atoms with Crippen molar-refractivity contribution in [3.05, 3.63) is 64.2 Å². The van der Waals surface area contributed by atoms with E-state index in [1.54, 1.807) is 0 Å². The van der Waals surface area contributed by atoms with Crippen LogP contribution in [0.1, 0.15) is 40.8 Å². The molecule has 112 valence electrons. The molecule has 0 amide bonds. The van der Waals surface area contributed by atoms with Crippen LogP contribution < -0.4 is 10.5 Å². The van der Waals surface area contributed by atoms with Gasteiger partial charge in [0.15, 0.2) is 0 Å². The number of benzene rings is 2. The highest BCUT2D eigenvalue weighted by Gasteiger charge is 2.10. The summed E-state index contributed by atoms with van der Waals surface area (Å²) in [6.07, 6.45) is 1.05. The van der Waals surface area contributed by atoms with Crippen molar-refractivity contribution in [2.45, 2.75) is 40.2 Å². The summed E-state index contributed by atoms with van der Waals surface area (Å²) in [6.45, 7) is 8.92. The van der Waals surface area contributed by atoms with Crippen LogP contribution in [0.15, 0.2) is 36.4 Å². The number of aryl methyl sites for hydroxylation is 3. The Labute approximate surface area is 127 Å². The standard InChI is InChI=1S/C19H25NO/c1-5-16-8-10-17(11-9-16)18(20)12-21-19-14(3)7-6-13(2)15(19)4/h6-11,18H,5,12,20H2,1-4H3. The Morgan fingerprint density at radius 1 is 0.952 bits per heavy atom. The maximum atomic E-state index is 6.25. The molecule has 1 unspecified atom stereocenters. The maximum absolute atomic E-state index is 6.25. The summed E-state index contributed by atoms with van der Waals surface area (Å²) in [5, 5.41) is 0. The zero-order valence-corrected chi connectivity index (χ0v) is 13.4. The number of hydrogen-bond donors (Lipinski definition) is 1. The molecule has 2 aromatic carbocycles. The molecule has 0 saturated heterocycles. The van der Waals surface area contributed by atoms with Crippen LogP contribution in [0.4, 0.5) is 0 Å². The largest absolute Gasteiger partial charge is 0.491 e. The molecule has 2 nitrogen and oxygen atoms in total. The van der Waals surface area contributed by atoms with Gasteiger partial charge in [-0.1, -0.05) is 43.3 Å². The molecular formula is C19H25NO. The van der Waals surface area contributed by atoms with Crippen molar-refractivity contribution in [3.63, 3.8) is 0 Å². The number of rotatable bonds is 5. The van der Waals surface area contributed by atoms with Crippen molar-refractivity contribution in [1.29, 1.82) is 0 Å². The van der Waals surface area contributed by atoms with Gasteiger partial charge < -0.3 is 10.5 Å². The molecule has 0 saturated carbocycles. The van der Waals surface area contributed by atoms with Crippen LogP contribution in [0.2, 0.25) is 0 Å². The lowest BCUT2D eigenvalue weighted by molar-refractivity contribution is 0.287. The predicted molar refractivity (Wildman–Crippen MR) is 88.9 cm³/mol. The predicted octanol–water partition coefficient (Wildman–Crippen LogP) is 4.25. The van der Waals surface area contributed by atoms with Crippen molar-refractivity contribution < 1.29 is 4.74 Å². The van der Waals surface area contributed by atoms with E-state index in [4.69, 9.17) is 10.5 Å². The third-order valence-corrected chi connectivity index (χ3v) is 4.10. The van der Waals surface area contributed by atoms with Crippen LogP contribution in [0.3, 0.4) is 0 Å². The van der Waals surface area contributed by atoms with Gasteiger partial charge in [-0.3, -0.25) is 0 Å². The van der Waals surface area contributed by atoms with E-state index in [9.17, 15) is 0 Å². The molecule has 0 aromatic heterocycles. The molecule has 0 heterocycles. The maximum Gasteiger partial charge on any atom is 0.125 e. The van der Waals surface area contributed by atoms with Crippen molar-refractivity contribution in [2.24, 2.45) is 5.73 Å². The first-order chi connectivity index (χ1) is 10.0. The summed E-state index contributed by atoms with van der Waals surface area (Å²) in [5.74, 6) is 0.968. The van der Waals surface area contributed by atoms with Gasteiger partial charge in [-0.2, -0.15) is 0 Å². The van der Waals surface area contributed by atoms with E-state index in [1.165, 1.54) is 16.7 Å². The van der Waals surface area contributed by atoms with Gasteiger partial charge in [0.05, 0.1) is 6.04 Å². The number of ether oxygens (including phenoxy) is 1. The van der Waals surface area contributed by atoms with Crippen LogP contribution in [0, 0.1) is 20.8 Å². The van der Waals surface area contributed by atoms with Gasteiger partial charge in [0.1, 0.15) is 12.4 Å². The van der Waals surface area contributed by atoms with E-state index in [0.29, 0.717) is 6.61 Å². The lowest BCUT2D eigenvalue weighted by Gasteiger charge is -2.18. The quantitative estimate of drug-likeness (QED) is 0.890. The molecule has 2 heteroatoms. The summed E-state index contributed by atoms with van der Waals surface area (Å²) < 4.78 is 6.00. The van der Waals surface area contributed by atoms with Gasteiger partial charge in [0.25, 0.3) is 0 Å². The Kier molecular flexibility index (Phi) is 5.03. The second-order valence-electron chi connectivity index (χ2n) is 5.67. The van der Waals surface area contributed by atoms with Crippen molar-refractivity contribution in [2.75, 3.05) is 6.61 Å². The fourth-order valence-corrected chi connectivity index (χ4v) is 2.42. The Morgan fingerprint density at radius 3 is 2.19 bits per heavy atom. The van der Waals surface area contributed by atoms with Crippen molar-refractivity contribution in [3.8, 4) is 5.75 Å². The fraction of sp³-hybridized carbons (Fsp3) is 0.368. The Balaban J connectivity index is 2.07. The van der Waals surface area contributed by atoms with Gasteiger partial charge in [0, 0.05) is 0 Å². The molecule has 0 bridgehead atoms. The summed E-state index contributed by atoms with van der Waals surface area (Å²) in [5.41, 5.74) is 12.3. The first kappa shape index (κ1) is 15.6. The molecule has 0 fully saturated rings. The van der Waals surface area contributed by atoms with Crippen LogP contribution in [-0.4, -0.2) is 6.61 Å². The van der Waals surface area contributed by atoms with E-state index in [2.05, 4.69) is 64.1 Å². The van der Waals surface area contributed by atoms with E-state index in [0.717, 1.165) is 23.3 Å².